The summed E-state index contributed by atoms with van der Waals surface area (Å²) in [5.41, 5.74) is 8.63. The third-order valence-electron chi connectivity index (χ3n) is 7.48. The molecule has 0 spiro atoms. The number of unbranched alkanes of at least 4 members (excludes halogenated alkanes) is 1. The molecule has 0 unspecified atom stereocenters. The van der Waals surface area contributed by atoms with Crippen molar-refractivity contribution in [2.24, 2.45) is 0 Å². The van der Waals surface area contributed by atoms with Gasteiger partial charge in [-0.15, -0.1) is 0 Å². The van der Waals surface area contributed by atoms with Crippen LogP contribution < -0.4 is 11.1 Å². The summed E-state index contributed by atoms with van der Waals surface area (Å²) in [5, 5.41) is 25.3. The molecule has 1 aliphatic heterocycles. The molecule has 0 radical (unpaired) electrons. The Balaban J connectivity index is 1.30. The van der Waals surface area contributed by atoms with E-state index in [1.807, 2.05) is 12.1 Å². The molecular formula is C29H41BrN6O4. The van der Waals surface area contributed by atoms with E-state index in [0.29, 0.717) is 34.3 Å². The van der Waals surface area contributed by atoms with Crippen molar-refractivity contribution in [1.29, 1.82) is 0 Å². The Bertz CT molecular complexity index is 1310. The third kappa shape index (κ3) is 6.83. The van der Waals surface area contributed by atoms with Gasteiger partial charge in [-0.1, -0.05) is 32.9 Å². The summed E-state index contributed by atoms with van der Waals surface area (Å²) < 4.78 is 8.55. The minimum Gasteiger partial charge on any atom is -0.387 e. The highest BCUT2D eigenvalue weighted by molar-refractivity contribution is 9.10. The quantitative estimate of drug-likeness (QED) is 0.248. The summed E-state index contributed by atoms with van der Waals surface area (Å²) in [6.45, 7) is 11.8. The standard InChI is InChI=1S/C29H41BrN6O4/c1-17(2)35(13-7-6-8-22(37)34-19-11-9-18(10-12-19)29(3,4)5)15-21-24(38)25(39)28(40-21)36-14-20(30)23-26(31)32-16-33-27(23)36/h9-12,14,16-17,21,24-25,28,38-39H,6-8,13,15H2,1-5H3,(H,34,37)(H2,31,32,33)/t21-,24-,25-,28-/m1/s1. The van der Waals surface area contributed by atoms with Crippen LogP contribution in [0.2, 0.25) is 0 Å². The number of nitrogens with one attached hydrogen (secondary N) is 1. The fourth-order valence-corrected chi connectivity index (χ4v) is 5.64. The molecule has 4 rings (SSSR count). The first-order chi connectivity index (χ1) is 18.9. The van der Waals surface area contributed by atoms with Crippen LogP contribution in [0.3, 0.4) is 0 Å². The van der Waals surface area contributed by atoms with E-state index in [1.54, 1.807) is 10.8 Å². The van der Waals surface area contributed by atoms with E-state index in [2.05, 4.69) is 82.9 Å². The third-order valence-corrected chi connectivity index (χ3v) is 8.08. The zero-order valence-corrected chi connectivity index (χ0v) is 25.4. The summed E-state index contributed by atoms with van der Waals surface area (Å²) in [6.07, 6.45) is 1.44. The van der Waals surface area contributed by atoms with Gasteiger partial charge in [0, 0.05) is 35.4 Å². The van der Waals surface area contributed by atoms with Crippen LogP contribution in [0.5, 0.6) is 0 Å². The molecule has 0 saturated carbocycles. The van der Waals surface area contributed by atoms with E-state index >= 15 is 0 Å². The number of nitrogens with two attached hydrogens (primary N) is 1. The molecule has 1 aliphatic rings. The van der Waals surface area contributed by atoms with Crippen molar-refractivity contribution < 1.29 is 19.7 Å². The Hall–Kier alpha value is -2.57. The molecule has 218 valence electrons. The molecule has 4 atom stereocenters. The van der Waals surface area contributed by atoms with E-state index in [9.17, 15) is 15.0 Å². The number of hydrogen-bond acceptors (Lipinski definition) is 8. The van der Waals surface area contributed by atoms with E-state index < -0.39 is 24.5 Å². The largest absolute Gasteiger partial charge is 0.387 e. The summed E-state index contributed by atoms with van der Waals surface area (Å²) in [6, 6.07) is 8.20. The number of amides is 1. The number of ether oxygens (including phenoxy) is 1. The SMILES string of the molecule is CC(C)N(CCCCC(=O)Nc1ccc(C(C)(C)C)cc1)C[C@H]1O[C@@H](n2cc(Br)c3c(N)ncnc32)[C@H](O)[C@@H]1O. The van der Waals surface area contributed by atoms with Crippen LogP contribution in [-0.2, 0) is 14.9 Å². The van der Waals surface area contributed by atoms with E-state index in [0.717, 1.165) is 25.1 Å². The first-order valence-electron chi connectivity index (χ1n) is 13.8. The van der Waals surface area contributed by atoms with Gasteiger partial charge < -0.3 is 30.6 Å². The average molecular weight is 618 g/mol. The lowest BCUT2D eigenvalue weighted by molar-refractivity contribution is -0.116. The molecule has 40 heavy (non-hydrogen) atoms. The van der Waals surface area contributed by atoms with Gasteiger partial charge in [-0.25, -0.2) is 9.97 Å². The highest BCUT2D eigenvalue weighted by Gasteiger charge is 2.45. The molecule has 0 aliphatic carbocycles. The van der Waals surface area contributed by atoms with Crippen molar-refractivity contribution in [3.05, 3.63) is 46.8 Å². The number of benzene rings is 1. The van der Waals surface area contributed by atoms with Gasteiger partial charge in [0.25, 0.3) is 0 Å². The Labute approximate surface area is 244 Å². The molecule has 2 aromatic heterocycles. The monoisotopic (exact) mass is 616 g/mol. The lowest BCUT2D eigenvalue weighted by Gasteiger charge is -2.30. The number of carbonyl (C=O) groups is 1. The van der Waals surface area contributed by atoms with Crippen LogP contribution in [0.1, 0.15) is 65.7 Å². The van der Waals surface area contributed by atoms with Crippen molar-refractivity contribution >= 4 is 44.4 Å². The number of carbonyl (C=O) groups excluding carboxylic acids is 1. The van der Waals surface area contributed by atoms with Crippen molar-refractivity contribution in [1.82, 2.24) is 19.4 Å². The van der Waals surface area contributed by atoms with Crippen LogP contribution in [0, 0.1) is 0 Å². The van der Waals surface area contributed by atoms with Gasteiger partial charge in [0.1, 0.15) is 36.1 Å². The maximum absolute atomic E-state index is 12.5. The number of rotatable bonds is 10. The highest BCUT2D eigenvalue weighted by atomic mass is 79.9. The topological polar surface area (TPSA) is 139 Å². The number of nitrogen functional groups attached to an aromatic ring is 1. The van der Waals surface area contributed by atoms with Crippen LogP contribution in [-0.4, -0.2) is 73.0 Å². The van der Waals surface area contributed by atoms with Crippen LogP contribution >= 0.6 is 15.9 Å². The zero-order chi connectivity index (χ0) is 29.2. The van der Waals surface area contributed by atoms with Gasteiger partial charge in [0.2, 0.25) is 5.91 Å². The average Bonchev–Trinajstić information content (AvgIpc) is 3.37. The molecule has 5 N–H and O–H groups in total. The smallest absolute Gasteiger partial charge is 0.224 e. The lowest BCUT2D eigenvalue weighted by Crippen LogP contribution is -2.43. The van der Waals surface area contributed by atoms with E-state index in [4.69, 9.17) is 10.5 Å². The summed E-state index contributed by atoms with van der Waals surface area (Å²) >= 11 is 3.48. The first kappa shape index (κ1) is 30.4. The second-order valence-electron chi connectivity index (χ2n) is 11.8. The minimum absolute atomic E-state index is 0.00493. The second-order valence-corrected chi connectivity index (χ2v) is 12.7. The molecule has 11 heteroatoms. The maximum atomic E-state index is 12.5. The van der Waals surface area contributed by atoms with E-state index in [1.165, 1.54) is 11.9 Å². The number of aromatic nitrogens is 3. The molecule has 10 nitrogen and oxygen atoms in total. The second kappa shape index (κ2) is 12.5. The van der Waals surface area contributed by atoms with Crippen LogP contribution in [0.25, 0.3) is 11.0 Å². The first-order valence-corrected chi connectivity index (χ1v) is 14.6. The minimum atomic E-state index is -1.14. The number of hydrogen-bond donors (Lipinski definition) is 4. The molecule has 1 amide bonds. The van der Waals surface area contributed by atoms with Gasteiger partial charge in [-0.2, -0.15) is 0 Å². The molecule has 1 fully saturated rings. The number of aliphatic hydroxyl groups is 2. The van der Waals surface area contributed by atoms with Crippen molar-refractivity contribution in [3.63, 3.8) is 0 Å². The highest BCUT2D eigenvalue weighted by Crippen LogP contribution is 2.36. The Morgan fingerprint density at radius 1 is 1.18 bits per heavy atom. The summed E-state index contributed by atoms with van der Waals surface area (Å²) in [7, 11) is 0. The predicted octanol–water partition coefficient (Wildman–Crippen LogP) is 4.21. The van der Waals surface area contributed by atoms with Crippen molar-refractivity contribution in [2.45, 2.75) is 89.9 Å². The Kier molecular flexibility index (Phi) is 9.51. The predicted molar refractivity (Wildman–Crippen MR) is 160 cm³/mol. The van der Waals surface area contributed by atoms with Gasteiger partial charge in [-0.05, 0) is 72.3 Å². The van der Waals surface area contributed by atoms with Gasteiger partial charge in [-0.3, -0.25) is 9.69 Å². The number of nitrogens with zero attached hydrogens (tertiary/aromatic N) is 4. The summed E-state index contributed by atoms with van der Waals surface area (Å²) in [5.74, 6) is 0.313. The molecule has 3 aromatic rings. The molecule has 1 saturated heterocycles. The molecule has 0 bridgehead atoms. The van der Waals surface area contributed by atoms with E-state index in [-0.39, 0.29) is 17.4 Å². The molecule has 3 heterocycles. The fourth-order valence-electron chi connectivity index (χ4n) is 5.03. The number of halogens is 1. The zero-order valence-electron chi connectivity index (χ0n) is 23.8. The summed E-state index contributed by atoms with van der Waals surface area (Å²) in [4.78, 5) is 23.0. The number of aliphatic hydroxyl groups excluding tert-OH is 2. The molecule has 1 aromatic carbocycles. The van der Waals surface area contributed by atoms with Crippen molar-refractivity contribution in [3.8, 4) is 0 Å². The Morgan fingerprint density at radius 3 is 2.52 bits per heavy atom. The normalized spacial score (nSPS) is 21.6. The fraction of sp³-hybridized carbons (Fsp3) is 0.552. The van der Waals surface area contributed by atoms with Gasteiger partial charge in [0.15, 0.2) is 6.23 Å². The molecular weight excluding hydrogens is 576 g/mol. The van der Waals surface area contributed by atoms with Gasteiger partial charge >= 0.3 is 0 Å². The van der Waals surface area contributed by atoms with Crippen molar-refractivity contribution in [2.75, 3.05) is 24.1 Å². The van der Waals surface area contributed by atoms with Crippen LogP contribution in [0.4, 0.5) is 11.5 Å². The Morgan fingerprint density at radius 2 is 1.88 bits per heavy atom. The van der Waals surface area contributed by atoms with Crippen LogP contribution in [0.15, 0.2) is 41.3 Å². The number of fused-ring (bicyclic) bond motifs is 1. The number of anilines is 2. The maximum Gasteiger partial charge on any atom is 0.224 e. The van der Waals surface area contributed by atoms with Gasteiger partial charge in [0.05, 0.1) is 5.39 Å². The lowest BCUT2D eigenvalue weighted by atomic mass is 9.87.